The molecule has 1 saturated heterocycles. The Labute approximate surface area is 180 Å². The van der Waals surface area contributed by atoms with Crippen molar-refractivity contribution >= 4 is 16.8 Å². The summed E-state index contributed by atoms with van der Waals surface area (Å²) >= 11 is 0. The Morgan fingerprint density at radius 3 is 2.45 bits per heavy atom. The molecule has 2 aromatic carbocycles. The first-order valence-electron chi connectivity index (χ1n) is 10.5. The summed E-state index contributed by atoms with van der Waals surface area (Å²) in [5.41, 5.74) is 2.26. The number of amides is 1. The molecule has 1 fully saturated rings. The normalized spacial score (nSPS) is 15.8. The van der Waals surface area contributed by atoms with Gasteiger partial charge in [0.2, 0.25) is 11.7 Å². The fourth-order valence-corrected chi connectivity index (χ4v) is 3.93. The Morgan fingerprint density at radius 1 is 0.903 bits per heavy atom. The number of para-hydroxylation sites is 1. The lowest BCUT2D eigenvalue weighted by Crippen LogP contribution is -2.49. The topological polar surface area (TPSA) is 75.4 Å². The first-order chi connectivity index (χ1) is 15.2. The molecule has 156 valence electrons. The number of rotatable bonds is 4. The summed E-state index contributed by atoms with van der Waals surface area (Å²) in [6.45, 7) is 4.81. The molecule has 1 amide bonds. The van der Waals surface area contributed by atoms with Crippen LogP contribution in [0.15, 0.2) is 71.3 Å². The fraction of sp³-hybridized carbons (Fsp3) is 0.250. The Balaban J connectivity index is 1.23. The van der Waals surface area contributed by atoms with Crippen LogP contribution in [0.25, 0.3) is 22.3 Å². The van der Waals surface area contributed by atoms with E-state index in [0.717, 1.165) is 29.6 Å². The van der Waals surface area contributed by atoms with Crippen LogP contribution in [0.4, 0.5) is 0 Å². The minimum atomic E-state index is -0.0257. The second kappa shape index (κ2) is 8.28. The summed E-state index contributed by atoms with van der Waals surface area (Å²) < 4.78 is 5.53. The molecular formula is C24H23N5O2. The molecule has 1 aliphatic rings. The number of hydrogen-bond donors (Lipinski definition) is 0. The number of carbonyl (C=O) groups excluding carboxylic acids is 1. The van der Waals surface area contributed by atoms with Crippen molar-refractivity contribution in [2.24, 2.45) is 0 Å². The summed E-state index contributed by atoms with van der Waals surface area (Å²) in [7, 11) is 0. The number of carbonyl (C=O) groups is 1. The van der Waals surface area contributed by atoms with Crippen LogP contribution in [0, 0.1) is 0 Å². The van der Waals surface area contributed by atoms with Crippen LogP contribution in [-0.2, 0) is 0 Å². The highest BCUT2D eigenvalue weighted by atomic mass is 16.5. The number of aromatic nitrogens is 3. The first-order valence-corrected chi connectivity index (χ1v) is 10.5. The van der Waals surface area contributed by atoms with Gasteiger partial charge in [0.05, 0.1) is 11.6 Å². The van der Waals surface area contributed by atoms with E-state index in [4.69, 9.17) is 4.52 Å². The summed E-state index contributed by atoms with van der Waals surface area (Å²) in [6.07, 6.45) is 0. The second-order valence-electron chi connectivity index (χ2n) is 7.72. The average molecular weight is 413 g/mol. The van der Waals surface area contributed by atoms with Crippen LogP contribution in [-0.4, -0.2) is 57.0 Å². The molecule has 31 heavy (non-hydrogen) atoms. The molecule has 3 heterocycles. The van der Waals surface area contributed by atoms with E-state index in [1.165, 1.54) is 0 Å². The van der Waals surface area contributed by atoms with E-state index in [0.29, 0.717) is 30.5 Å². The molecule has 7 heteroatoms. The number of fused-ring (bicyclic) bond motifs is 1. The van der Waals surface area contributed by atoms with Crippen LogP contribution >= 0.6 is 0 Å². The predicted octanol–water partition coefficient (Wildman–Crippen LogP) is 3.80. The molecule has 1 atom stereocenters. The lowest BCUT2D eigenvalue weighted by atomic mass is 10.1. The lowest BCUT2D eigenvalue weighted by Gasteiger charge is -2.36. The van der Waals surface area contributed by atoms with Gasteiger partial charge in [-0.2, -0.15) is 4.98 Å². The monoisotopic (exact) mass is 413 g/mol. The number of pyridine rings is 1. The highest BCUT2D eigenvalue weighted by Crippen LogP contribution is 2.24. The molecule has 0 radical (unpaired) electrons. The third kappa shape index (κ3) is 3.92. The Hall–Kier alpha value is -3.58. The van der Waals surface area contributed by atoms with Crippen molar-refractivity contribution in [2.75, 3.05) is 26.2 Å². The zero-order valence-corrected chi connectivity index (χ0v) is 17.3. The van der Waals surface area contributed by atoms with Crippen molar-refractivity contribution in [3.63, 3.8) is 0 Å². The standard InChI is InChI=1S/C24H23N5O2/c1-17(23-26-22(27-31-23)19-8-3-2-4-9-19)28-13-15-29(16-14-28)24(30)21-12-11-18-7-5-6-10-20(18)25-21/h2-12,17H,13-16H2,1H3. The molecule has 0 bridgehead atoms. The first kappa shape index (κ1) is 19.4. The number of piperazine rings is 1. The molecule has 0 aliphatic carbocycles. The Bertz CT molecular complexity index is 1200. The van der Waals surface area contributed by atoms with E-state index in [1.54, 1.807) is 0 Å². The molecule has 0 N–H and O–H groups in total. The molecule has 0 saturated carbocycles. The van der Waals surface area contributed by atoms with E-state index in [-0.39, 0.29) is 11.9 Å². The maximum atomic E-state index is 13.0. The van der Waals surface area contributed by atoms with Crippen molar-refractivity contribution in [3.05, 3.63) is 78.3 Å². The second-order valence-corrected chi connectivity index (χ2v) is 7.72. The zero-order valence-electron chi connectivity index (χ0n) is 17.3. The molecular weight excluding hydrogens is 390 g/mol. The third-order valence-electron chi connectivity index (χ3n) is 5.80. The van der Waals surface area contributed by atoms with Gasteiger partial charge in [0.15, 0.2) is 0 Å². The van der Waals surface area contributed by atoms with Crippen molar-refractivity contribution in [1.29, 1.82) is 0 Å². The van der Waals surface area contributed by atoms with Crippen LogP contribution < -0.4 is 0 Å². The molecule has 5 rings (SSSR count). The van der Waals surface area contributed by atoms with Gasteiger partial charge in [-0.1, -0.05) is 59.8 Å². The van der Waals surface area contributed by atoms with Gasteiger partial charge in [-0.05, 0) is 19.1 Å². The average Bonchev–Trinajstić information content (AvgIpc) is 3.34. The Kier molecular flexibility index (Phi) is 5.18. The zero-order chi connectivity index (χ0) is 21.2. The lowest BCUT2D eigenvalue weighted by molar-refractivity contribution is 0.0547. The van der Waals surface area contributed by atoms with E-state index >= 15 is 0 Å². The summed E-state index contributed by atoms with van der Waals surface area (Å²) in [5.74, 6) is 1.16. The van der Waals surface area contributed by atoms with Crippen molar-refractivity contribution < 1.29 is 9.32 Å². The minimum Gasteiger partial charge on any atom is -0.337 e. The number of hydrogen-bond acceptors (Lipinski definition) is 6. The van der Waals surface area contributed by atoms with Gasteiger partial charge >= 0.3 is 0 Å². The summed E-state index contributed by atoms with van der Waals surface area (Å²) in [6, 6.07) is 21.4. The van der Waals surface area contributed by atoms with E-state index in [9.17, 15) is 4.79 Å². The summed E-state index contributed by atoms with van der Waals surface area (Å²) in [5, 5.41) is 5.16. The molecule has 7 nitrogen and oxygen atoms in total. The van der Waals surface area contributed by atoms with Gasteiger partial charge < -0.3 is 9.42 Å². The van der Waals surface area contributed by atoms with Gasteiger partial charge in [0.25, 0.3) is 5.91 Å². The maximum absolute atomic E-state index is 13.0. The van der Waals surface area contributed by atoms with E-state index in [1.807, 2.05) is 71.6 Å². The van der Waals surface area contributed by atoms with Crippen LogP contribution in [0.3, 0.4) is 0 Å². The quantitative estimate of drug-likeness (QED) is 0.507. The molecule has 2 aromatic heterocycles. The van der Waals surface area contributed by atoms with Crippen molar-refractivity contribution in [2.45, 2.75) is 13.0 Å². The highest BCUT2D eigenvalue weighted by Gasteiger charge is 2.28. The number of nitrogens with zero attached hydrogens (tertiary/aromatic N) is 5. The maximum Gasteiger partial charge on any atom is 0.272 e. The van der Waals surface area contributed by atoms with Crippen molar-refractivity contribution in [1.82, 2.24) is 24.9 Å². The van der Waals surface area contributed by atoms with Gasteiger partial charge in [0.1, 0.15) is 5.69 Å². The van der Waals surface area contributed by atoms with Gasteiger partial charge in [-0.25, -0.2) is 4.98 Å². The molecule has 0 spiro atoms. The SMILES string of the molecule is CC(c1nc(-c2ccccc2)no1)N1CCN(C(=O)c2ccc3ccccc3n2)CC1. The minimum absolute atomic E-state index is 0.0130. The Morgan fingerprint density at radius 2 is 1.65 bits per heavy atom. The number of benzene rings is 2. The van der Waals surface area contributed by atoms with E-state index < -0.39 is 0 Å². The summed E-state index contributed by atoms with van der Waals surface area (Å²) in [4.78, 5) is 26.2. The largest absolute Gasteiger partial charge is 0.337 e. The van der Waals surface area contributed by atoms with Gasteiger partial charge in [-0.3, -0.25) is 9.69 Å². The van der Waals surface area contributed by atoms with Gasteiger partial charge in [-0.15, -0.1) is 0 Å². The smallest absolute Gasteiger partial charge is 0.272 e. The van der Waals surface area contributed by atoms with Crippen molar-refractivity contribution in [3.8, 4) is 11.4 Å². The molecule has 1 aliphatic heterocycles. The van der Waals surface area contributed by atoms with Crippen LogP contribution in [0.1, 0.15) is 29.3 Å². The predicted molar refractivity (Wildman–Crippen MR) is 117 cm³/mol. The van der Waals surface area contributed by atoms with Crippen LogP contribution in [0.2, 0.25) is 0 Å². The fourth-order valence-electron chi connectivity index (χ4n) is 3.93. The molecule has 1 unspecified atom stereocenters. The van der Waals surface area contributed by atoms with Crippen LogP contribution in [0.5, 0.6) is 0 Å². The molecule has 4 aromatic rings. The third-order valence-corrected chi connectivity index (χ3v) is 5.80. The van der Waals surface area contributed by atoms with Gasteiger partial charge in [0, 0.05) is 37.1 Å². The van der Waals surface area contributed by atoms with E-state index in [2.05, 4.69) is 26.9 Å². The highest BCUT2D eigenvalue weighted by molar-refractivity contribution is 5.95.